The summed E-state index contributed by atoms with van der Waals surface area (Å²) < 4.78 is 50.6. The molecule has 1 atom stereocenters. The lowest BCUT2D eigenvalue weighted by molar-refractivity contribution is -0.141. The molecule has 0 radical (unpaired) electrons. The number of rotatable bonds is 10. The van der Waals surface area contributed by atoms with E-state index in [9.17, 15) is 17.6 Å². The number of esters is 1. The molecule has 7 nitrogen and oxygen atoms in total. The fourth-order valence-corrected chi connectivity index (χ4v) is 6.40. The van der Waals surface area contributed by atoms with E-state index in [0.29, 0.717) is 32.5 Å². The van der Waals surface area contributed by atoms with E-state index < -0.39 is 9.84 Å². The van der Waals surface area contributed by atoms with Crippen molar-refractivity contribution in [3.8, 4) is 16.9 Å². The summed E-state index contributed by atoms with van der Waals surface area (Å²) >= 11 is 0. The Morgan fingerprint density at radius 2 is 1.95 bits per heavy atom. The predicted octanol–water partition coefficient (Wildman–Crippen LogP) is 6.15. The zero-order valence-corrected chi connectivity index (χ0v) is 24.6. The summed E-state index contributed by atoms with van der Waals surface area (Å²) in [5.41, 5.74) is 7.94. The third-order valence-corrected chi connectivity index (χ3v) is 8.94. The van der Waals surface area contributed by atoms with Gasteiger partial charge < -0.3 is 19.4 Å². The molecule has 0 spiro atoms. The second-order valence-corrected chi connectivity index (χ2v) is 13.0. The molecule has 1 aliphatic heterocycles. The summed E-state index contributed by atoms with van der Waals surface area (Å²) in [5, 5.41) is 4.30. The van der Waals surface area contributed by atoms with Crippen molar-refractivity contribution in [3.63, 3.8) is 0 Å². The minimum Gasteiger partial charge on any atom is -0.493 e. The molecule has 1 unspecified atom stereocenters. The number of aryl methyl sites for hydroxylation is 1. The van der Waals surface area contributed by atoms with Gasteiger partial charge in [0.2, 0.25) is 0 Å². The second-order valence-electron chi connectivity index (χ2n) is 10.7. The largest absolute Gasteiger partial charge is 0.493 e. The Morgan fingerprint density at radius 3 is 2.71 bits per heavy atom. The minimum absolute atomic E-state index is 0.00740. The molecule has 1 N–H and O–H groups in total. The molecule has 0 saturated carbocycles. The molecule has 0 aliphatic carbocycles. The highest BCUT2D eigenvalue weighted by molar-refractivity contribution is 7.90. The number of anilines is 1. The molecule has 1 aromatic heterocycles. The molecule has 3 aromatic carbocycles. The van der Waals surface area contributed by atoms with Gasteiger partial charge in [-0.05, 0) is 61.2 Å². The van der Waals surface area contributed by atoms with Crippen LogP contribution in [0.5, 0.6) is 5.75 Å². The van der Waals surface area contributed by atoms with E-state index in [4.69, 9.17) is 9.47 Å². The average molecular weight is 579 g/mol. The van der Waals surface area contributed by atoms with Crippen LogP contribution in [-0.4, -0.2) is 44.7 Å². The van der Waals surface area contributed by atoms with Gasteiger partial charge in [0.25, 0.3) is 0 Å². The molecular formula is C32H35FN2O5S. The van der Waals surface area contributed by atoms with E-state index in [1.807, 2.05) is 31.2 Å². The SMILES string of the molecule is COC(=O)CC1COc2cc(NCc3cccc(-c4c(C)n(CCCS(C)(=O)=O)c5ccc(F)cc45)c3C)ccc21. The van der Waals surface area contributed by atoms with Gasteiger partial charge in [-0.2, -0.15) is 0 Å². The summed E-state index contributed by atoms with van der Waals surface area (Å²) in [6.07, 6.45) is 2.02. The molecule has 1 aliphatic rings. The number of sulfone groups is 1. The molecule has 2 heterocycles. The number of aromatic nitrogens is 1. The molecule has 4 aromatic rings. The number of benzene rings is 3. The fraction of sp³-hybridized carbons (Fsp3) is 0.344. The normalized spacial score (nSPS) is 14.6. The first-order chi connectivity index (χ1) is 19.6. The molecule has 0 saturated heterocycles. The molecule has 5 rings (SSSR count). The summed E-state index contributed by atoms with van der Waals surface area (Å²) in [6.45, 7) is 5.64. The van der Waals surface area contributed by atoms with Crippen molar-refractivity contribution < 1.29 is 27.1 Å². The van der Waals surface area contributed by atoms with Gasteiger partial charge in [-0.3, -0.25) is 4.79 Å². The highest BCUT2D eigenvalue weighted by atomic mass is 32.2. The van der Waals surface area contributed by atoms with Gasteiger partial charge in [-0.1, -0.05) is 24.3 Å². The maximum Gasteiger partial charge on any atom is 0.306 e. The van der Waals surface area contributed by atoms with Gasteiger partial charge in [0, 0.05) is 64.7 Å². The quantitative estimate of drug-likeness (QED) is 0.227. The van der Waals surface area contributed by atoms with E-state index in [2.05, 4.69) is 28.9 Å². The number of ether oxygens (including phenoxy) is 2. The van der Waals surface area contributed by atoms with Crippen molar-refractivity contribution in [1.82, 2.24) is 4.57 Å². The number of carbonyl (C=O) groups is 1. The number of fused-ring (bicyclic) bond motifs is 2. The van der Waals surface area contributed by atoms with Crippen molar-refractivity contribution in [3.05, 3.63) is 82.8 Å². The van der Waals surface area contributed by atoms with Gasteiger partial charge in [-0.25, -0.2) is 12.8 Å². The lowest BCUT2D eigenvalue weighted by atomic mass is 9.94. The standard InChI is InChI=1S/C32H35FN2O5S/c1-20-22(18-34-25-10-11-27-23(15-31(36)39-3)19-40-30(27)17-25)7-5-8-26(20)32-21(2)35(13-6-14-41(4,37)38)29-12-9-24(33)16-28(29)32/h5,7-12,16-17,23,34H,6,13-15,18-19H2,1-4H3. The van der Waals surface area contributed by atoms with Crippen LogP contribution in [0.2, 0.25) is 0 Å². The Labute approximate surface area is 240 Å². The maximum atomic E-state index is 14.4. The van der Waals surface area contributed by atoms with Crippen LogP contribution in [0.4, 0.5) is 10.1 Å². The molecular weight excluding hydrogens is 543 g/mol. The van der Waals surface area contributed by atoms with Gasteiger partial charge in [0.05, 0.1) is 25.9 Å². The Balaban J connectivity index is 1.41. The van der Waals surface area contributed by atoms with Crippen molar-refractivity contribution in [1.29, 1.82) is 0 Å². The van der Waals surface area contributed by atoms with Crippen LogP contribution in [0.15, 0.2) is 54.6 Å². The van der Waals surface area contributed by atoms with E-state index in [1.165, 1.54) is 19.4 Å². The highest BCUT2D eigenvalue weighted by Gasteiger charge is 2.27. The van der Waals surface area contributed by atoms with E-state index in [-0.39, 0.29) is 23.5 Å². The monoisotopic (exact) mass is 578 g/mol. The van der Waals surface area contributed by atoms with Gasteiger partial charge >= 0.3 is 5.97 Å². The Kier molecular flexibility index (Phi) is 8.09. The minimum atomic E-state index is -3.07. The van der Waals surface area contributed by atoms with E-state index in [1.54, 1.807) is 12.1 Å². The van der Waals surface area contributed by atoms with Crippen LogP contribution in [0.1, 0.15) is 41.1 Å². The first-order valence-electron chi connectivity index (χ1n) is 13.7. The summed E-state index contributed by atoms with van der Waals surface area (Å²) in [5.74, 6) is 0.305. The first-order valence-corrected chi connectivity index (χ1v) is 15.7. The molecule has 216 valence electrons. The van der Waals surface area contributed by atoms with Crippen LogP contribution in [0.25, 0.3) is 22.0 Å². The Morgan fingerprint density at radius 1 is 1.15 bits per heavy atom. The summed E-state index contributed by atoms with van der Waals surface area (Å²) in [4.78, 5) is 11.7. The number of hydrogen-bond donors (Lipinski definition) is 1. The van der Waals surface area contributed by atoms with Crippen LogP contribution >= 0.6 is 0 Å². The van der Waals surface area contributed by atoms with Gasteiger partial charge in [0.15, 0.2) is 0 Å². The first kappa shape index (κ1) is 28.7. The number of nitrogens with one attached hydrogen (secondary N) is 1. The number of hydrogen-bond acceptors (Lipinski definition) is 6. The molecule has 0 amide bonds. The maximum absolute atomic E-state index is 14.4. The smallest absolute Gasteiger partial charge is 0.306 e. The van der Waals surface area contributed by atoms with Crippen molar-refractivity contribution in [2.75, 3.05) is 31.0 Å². The van der Waals surface area contributed by atoms with Crippen LogP contribution < -0.4 is 10.1 Å². The average Bonchev–Trinajstić information content (AvgIpc) is 3.44. The third-order valence-electron chi connectivity index (χ3n) is 7.91. The zero-order chi connectivity index (χ0) is 29.3. The summed E-state index contributed by atoms with van der Waals surface area (Å²) in [6, 6.07) is 16.9. The number of nitrogens with zero attached hydrogens (tertiary/aromatic N) is 1. The number of carbonyl (C=O) groups excluding carboxylic acids is 1. The molecule has 0 fully saturated rings. The second kappa shape index (κ2) is 11.6. The number of methoxy groups -OCH3 is 1. The van der Waals surface area contributed by atoms with Crippen molar-refractivity contribution in [2.24, 2.45) is 0 Å². The van der Waals surface area contributed by atoms with Crippen molar-refractivity contribution >= 4 is 32.4 Å². The number of halogens is 1. The van der Waals surface area contributed by atoms with Crippen LogP contribution in [0, 0.1) is 19.7 Å². The lowest BCUT2D eigenvalue weighted by Gasteiger charge is -2.15. The molecule has 9 heteroatoms. The van der Waals surface area contributed by atoms with E-state index in [0.717, 1.165) is 55.9 Å². The predicted molar refractivity (Wildman–Crippen MR) is 160 cm³/mol. The lowest BCUT2D eigenvalue weighted by Crippen LogP contribution is -2.09. The topological polar surface area (TPSA) is 86.6 Å². The highest BCUT2D eigenvalue weighted by Crippen LogP contribution is 2.39. The Bertz CT molecular complexity index is 1730. The van der Waals surface area contributed by atoms with Crippen LogP contribution in [-0.2, 0) is 32.5 Å². The van der Waals surface area contributed by atoms with Gasteiger partial charge in [0.1, 0.15) is 21.4 Å². The van der Waals surface area contributed by atoms with Crippen molar-refractivity contribution in [2.45, 2.75) is 45.7 Å². The molecule has 41 heavy (non-hydrogen) atoms. The Hall–Kier alpha value is -3.85. The molecule has 0 bridgehead atoms. The zero-order valence-electron chi connectivity index (χ0n) is 23.8. The third kappa shape index (κ3) is 6.10. The summed E-state index contributed by atoms with van der Waals surface area (Å²) in [7, 11) is -1.68. The van der Waals surface area contributed by atoms with E-state index >= 15 is 0 Å². The van der Waals surface area contributed by atoms with Gasteiger partial charge in [-0.15, -0.1) is 0 Å². The van der Waals surface area contributed by atoms with Crippen LogP contribution in [0.3, 0.4) is 0 Å². The fourth-order valence-electron chi connectivity index (χ4n) is 5.75.